The molecule has 10 heteroatoms. The number of hydrogen-bond acceptors (Lipinski definition) is 9. The molecule has 214 valence electrons. The predicted molar refractivity (Wildman–Crippen MR) is 144 cm³/mol. The van der Waals surface area contributed by atoms with Crippen LogP contribution in [0.5, 0.6) is 5.75 Å². The maximum atomic E-state index is 13.9. The number of Topliss-reactive ketones (excluding diaryl/α,β-unsaturated/α-hetero) is 2. The van der Waals surface area contributed by atoms with Crippen LogP contribution >= 0.6 is 0 Å². The molecule has 4 atom stereocenters. The summed E-state index contributed by atoms with van der Waals surface area (Å²) in [4.78, 5) is 43.5. The van der Waals surface area contributed by atoms with Crippen molar-refractivity contribution >= 4 is 17.5 Å². The molecule has 0 saturated heterocycles. The Morgan fingerprint density at radius 1 is 1.05 bits per heavy atom. The van der Waals surface area contributed by atoms with Crippen LogP contribution in [0, 0.1) is 23.7 Å². The van der Waals surface area contributed by atoms with Gasteiger partial charge in [0.15, 0.2) is 11.4 Å². The third-order valence-electron chi connectivity index (χ3n) is 9.52. The van der Waals surface area contributed by atoms with Crippen LogP contribution in [0.2, 0.25) is 0 Å². The van der Waals surface area contributed by atoms with Crippen molar-refractivity contribution in [2.24, 2.45) is 29.4 Å². The van der Waals surface area contributed by atoms with Crippen molar-refractivity contribution in [1.29, 1.82) is 0 Å². The first kappa shape index (κ1) is 27.0. The molecular weight excluding hydrogens is 514 g/mol. The normalized spacial score (nSPS) is 30.1. The molecule has 0 unspecified atom stereocenters. The molecule has 40 heavy (non-hydrogen) atoms. The van der Waals surface area contributed by atoms with E-state index in [4.69, 9.17) is 5.73 Å². The van der Waals surface area contributed by atoms with Crippen molar-refractivity contribution in [1.82, 2.24) is 9.80 Å². The molecule has 0 spiro atoms. The fraction of sp³-hybridized carbons (Fsp3) is 0.567. The van der Waals surface area contributed by atoms with E-state index in [9.17, 15) is 34.8 Å². The van der Waals surface area contributed by atoms with E-state index in [1.165, 1.54) is 31.7 Å². The quantitative estimate of drug-likeness (QED) is 0.303. The van der Waals surface area contributed by atoms with E-state index in [0.717, 1.165) is 24.2 Å². The SMILES string of the molecule is CN(C)[C@H]1C(O)=C(C(N)=O)C(=O)[C@@]2(O)C(O)=C3C(=O)c4c(O)ccc(CN(CC5CC5)CC5CC5)c4C[C@@H]3C[C@H]12. The first-order valence-corrected chi connectivity index (χ1v) is 14.1. The van der Waals surface area contributed by atoms with Gasteiger partial charge in [-0.15, -0.1) is 0 Å². The molecule has 2 fully saturated rings. The number of hydrogen-bond donors (Lipinski definition) is 5. The molecule has 6 N–H and O–H groups in total. The van der Waals surface area contributed by atoms with E-state index >= 15 is 0 Å². The number of carbonyl (C=O) groups excluding carboxylic acids is 3. The fourth-order valence-corrected chi connectivity index (χ4v) is 7.24. The molecule has 5 aliphatic rings. The third-order valence-corrected chi connectivity index (χ3v) is 9.52. The molecule has 0 radical (unpaired) electrons. The number of amides is 1. The molecule has 0 heterocycles. The van der Waals surface area contributed by atoms with E-state index in [0.29, 0.717) is 24.8 Å². The van der Waals surface area contributed by atoms with Gasteiger partial charge in [0.05, 0.1) is 11.6 Å². The first-order chi connectivity index (χ1) is 18.9. The van der Waals surface area contributed by atoms with Crippen LogP contribution in [-0.4, -0.2) is 86.5 Å². The summed E-state index contributed by atoms with van der Waals surface area (Å²) >= 11 is 0. The van der Waals surface area contributed by atoms with Gasteiger partial charge in [-0.25, -0.2) is 0 Å². The summed E-state index contributed by atoms with van der Waals surface area (Å²) < 4.78 is 0. The Hall–Kier alpha value is -3.21. The van der Waals surface area contributed by atoms with Crippen molar-refractivity contribution in [2.75, 3.05) is 27.2 Å². The number of phenolic OH excluding ortho intramolecular Hbond substituents is 1. The molecule has 10 nitrogen and oxygen atoms in total. The average Bonchev–Trinajstić information content (AvgIpc) is 3.80. The van der Waals surface area contributed by atoms with Crippen molar-refractivity contribution in [3.05, 3.63) is 51.5 Å². The maximum Gasteiger partial charge on any atom is 0.255 e. The number of aromatic hydroxyl groups is 1. The van der Waals surface area contributed by atoms with E-state index in [1.807, 2.05) is 6.07 Å². The van der Waals surface area contributed by atoms with Crippen LogP contribution < -0.4 is 5.73 Å². The van der Waals surface area contributed by atoms with Crippen LogP contribution in [0.15, 0.2) is 34.8 Å². The number of nitrogens with zero attached hydrogens (tertiary/aromatic N) is 2. The summed E-state index contributed by atoms with van der Waals surface area (Å²) in [5.41, 5.74) is 3.59. The Labute approximate surface area is 232 Å². The zero-order valence-electron chi connectivity index (χ0n) is 22.9. The number of phenols is 1. The lowest BCUT2D eigenvalue weighted by molar-refractivity contribution is -0.148. The molecule has 1 amide bonds. The Morgan fingerprint density at radius 3 is 2.23 bits per heavy atom. The van der Waals surface area contributed by atoms with Crippen LogP contribution in [0.25, 0.3) is 0 Å². The number of benzene rings is 1. The molecule has 0 aromatic heterocycles. The number of likely N-dealkylation sites (N-methyl/N-ethyl adjacent to an activating group) is 1. The van der Waals surface area contributed by atoms with Gasteiger partial charge in [0.1, 0.15) is 22.8 Å². The van der Waals surface area contributed by atoms with Crippen LogP contribution in [-0.2, 0) is 22.6 Å². The second-order valence-corrected chi connectivity index (χ2v) is 12.6. The lowest BCUT2D eigenvalue weighted by atomic mass is 9.58. The zero-order valence-corrected chi connectivity index (χ0v) is 22.9. The molecule has 2 saturated carbocycles. The average molecular weight is 552 g/mol. The van der Waals surface area contributed by atoms with Gasteiger partial charge >= 0.3 is 0 Å². The number of rotatable bonds is 8. The minimum absolute atomic E-state index is 0.0797. The minimum atomic E-state index is -2.62. The Balaban J connectivity index is 1.42. The van der Waals surface area contributed by atoms with Crippen LogP contribution in [0.3, 0.4) is 0 Å². The minimum Gasteiger partial charge on any atom is -0.510 e. The van der Waals surface area contributed by atoms with Crippen molar-refractivity contribution in [3.8, 4) is 5.75 Å². The highest BCUT2D eigenvalue weighted by Gasteiger charge is 2.63. The number of nitrogens with two attached hydrogens (primary N) is 1. The van der Waals surface area contributed by atoms with Gasteiger partial charge in [-0.05, 0) is 87.6 Å². The summed E-state index contributed by atoms with van der Waals surface area (Å²) in [5, 5.41) is 44.9. The predicted octanol–water partition coefficient (Wildman–Crippen LogP) is 1.74. The molecule has 1 aromatic rings. The highest BCUT2D eigenvalue weighted by atomic mass is 16.3. The zero-order chi connectivity index (χ0) is 28.7. The molecular formula is C30H37N3O7. The van der Waals surface area contributed by atoms with E-state index in [1.54, 1.807) is 19.0 Å². The van der Waals surface area contributed by atoms with Gasteiger partial charge < -0.3 is 26.2 Å². The van der Waals surface area contributed by atoms with Gasteiger partial charge in [-0.3, -0.25) is 24.2 Å². The third kappa shape index (κ3) is 4.15. The second kappa shape index (κ2) is 9.43. The lowest BCUT2D eigenvalue weighted by Crippen LogP contribution is -2.63. The number of fused-ring (bicyclic) bond motifs is 3. The number of aliphatic hydroxyl groups excluding tert-OH is 2. The number of allylic oxidation sites excluding steroid dienone is 1. The summed E-state index contributed by atoms with van der Waals surface area (Å²) in [6.07, 6.45) is 5.35. The van der Waals surface area contributed by atoms with Gasteiger partial charge in [0.2, 0.25) is 5.78 Å². The largest absolute Gasteiger partial charge is 0.510 e. The van der Waals surface area contributed by atoms with E-state index in [-0.39, 0.29) is 23.3 Å². The monoisotopic (exact) mass is 551 g/mol. The Morgan fingerprint density at radius 2 is 1.68 bits per heavy atom. The van der Waals surface area contributed by atoms with Crippen molar-refractivity contribution in [3.63, 3.8) is 0 Å². The Kier molecular flexibility index (Phi) is 6.36. The van der Waals surface area contributed by atoms with Crippen molar-refractivity contribution in [2.45, 2.75) is 56.7 Å². The summed E-state index contributed by atoms with van der Waals surface area (Å²) in [6, 6.07) is 2.36. The number of primary amides is 1. The van der Waals surface area contributed by atoms with Gasteiger partial charge in [0, 0.05) is 31.1 Å². The molecule has 0 aliphatic heterocycles. The van der Waals surface area contributed by atoms with E-state index in [2.05, 4.69) is 4.90 Å². The summed E-state index contributed by atoms with van der Waals surface area (Å²) in [7, 11) is 3.25. The fourth-order valence-electron chi connectivity index (χ4n) is 7.24. The maximum absolute atomic E-state index is 13.9. The number of aliphatic hydroxyl groups is 3. The topological polar surface area (TPSA) is 165 Å². The lowest BCUT2D eigenvalue weighted by Gasteiger charge is -2.50. The molecule has 6 rings (SSSR count). The van der Waals surface area contributed by atoms with Gasteiger partial charge in [0.25, 0.3) is 5.91 Å². The first-order valence-electron chi connectivity index (χ1n) is 14.1. The molecule has 0 bridgehead atoms. The highest BCUT2D eigenvalue weighted by molar-refractivity contribution is 6.24. The molecule has 5 aliphatic carbocycles. The number of carbonyl (C=O) groups is 3. The smallest absolute Gasteiger partial charge is 0.255 e. The molecule has 1 aromatic carbocycles. The van der Waals surface area contributed by atoms with Crippen LogP contribution in [0.4, 0.5) is 0 Å². The highest BCUT2D eigenvalue weighted by Crippen LogP contribution is 2.52. The summed E-state index contributed by atoms with van der Waals surface area (Å²) in [6.45, 7) is 2.66. The Bertz CT molecular complexity index is 1360. The van der Waals surface area contributed by atoms with Crippen molar-refractivity contribution < 1.29 is 34.8 Å². The van der Waals surface area contributed by atoms with Gasteiger partial charge in [-0.2, -0.15) is 0 Å². The summed E-state index contributed by atoms with van der Waals surface area (Å²) in [5.74, 6) is -4.90. The van der Waals surface area contributed by atoms with Gasteiger partial charge in [-0.1, -0.05) is 6.07 Å². The standard InChI is InChI=1S/C30H37N3O7/c1-32(2)24-19-10-17-9-18-16(13-33(11-14-3-4-14)12-15-5-6-15)7-8-20(34)22(18)25(35)21(17)27(37)30(19,40)28(38)23(26(24)36)29(31)39/h7-8,14-15,17,19,24,34,36-37,40H,3-6,9-13H2,1-2H3,(H2,31,39)/t17-,19-,24-,30+/m1/s1. The van der Waals surface area contributed by atoms with Crippen LogP contribution in [0.1, 0.15) is 53.6 Å². The number of ketones is 2. The van der Waals surface area contributed by atoms with E-state index < -0.39 is 58.0 Å². The second-order valence-electron chi connectivity index (χ2n) is 12.6.